The number of benzene rings is 3. The lowest BCUT2D eigenvalue weighted by atomic mass is 10.2. The van der Waals surface area contributed by atoms with Crippen LogP contribution in [-0.2, 0) is 11.1 Å². The molecule has 0 radical (unpaired) electrons. The van der Waals surface area contributed by atoms with E-state index in [1.807, 2.05) is 93.0 Å². The molecule has 0 heterocycles. The summed E-state index contributed by atoms with van der Waals surface area (Å²) in [4.78, 5) is 2.11. The molecule has 0 aromatic heterocycles. The van der Waals surface area contributed by atoms with Crippen molar-refractivity contribution >= 4 is 23.1 Å². The highest BCUT2D eigenvalue weighted by molar-refractivity contribution is 7.85. The second-order valence-corrected chi connectivity index (χ2v) is 8.88. The lowest BCUT2D eigenvalue weighted by Gasteiger charge is -2.23. The van der Waals surface area contributed by atoms with E-state index >= 15 is 0 Å². The molecule has 0 fully saturated rings. The molecule has 0 N–H and O–H groups in total. The van der Waals surface area contributed by atoms with Gasteiger partial charge in [0, 0.05) is 22.5 Å². The van der Waals surface area contributed by atoms with Crippen LogP contribution in [0.3, 0.4) is 0 Å². The zero-order chi connectivity index (χ0) is 17.0. The molecule has 0 spiro atoms. The molecule has 24 heavy (non-hydrogen) atoms. The monoisotopic (exact) mass is 335 g/mol. The largest absolute Gasteiger partial charge is 0.309 e. The van der Waals surface area contributed by atoms with E-state index in [9.17, 15) is 4.57 Å². The Morgan fingerprint density at radius 3 is 1.67 bits per heavy atom. The molecular weight excluding hydrogens is 313 g/mol. The van der Waals surface area contributed by atoms with Crippen LogP contribution in [0.15, 0.2) is 84.9 Å². The summed E-state index contributed by atoms with van der Waals surface area (Å²) in [6.07, 6.45) is 0. The maximum atomic E-state index is 14.4. The molecule has 3 aromatic carbocycles. The van der Waals surface area contributed by atoms with Gasteiger partial charge in [0.15, 0.2) is 7.14 Å². The van der Waals surface area contributed by atoms with Gasteiger partial charge < -0.3 is 9.46 Å². The topological polar surface area (TPSA) is 20.3 Å². The maximum absolute atomic E-state index is 14.4. The molecule has 2 nitrogen and oxygen atoms in total. The van der Waals surface area contributed by atoms with Gasteiger partial charge >= 0.3 is 0 Å². The molecule has 0 aliphatic rings. The summed E-state index contributed by atoms with van der Waals surface area (Å²) in [7, 11) is 1.17. The Morgan fingerprint density at radius 2 is 1.17 bits per heavy atom. The molecule has 3 rings (SSSR count). The van der Waals surface area contributed by atoms with E-state index in [2.05, 4.69) is 11.0 Å². The number of nitrogens with zero attached hydrogens (tertiary/aromatic N) is 1. The highest BCUT2D eigenvalue weighted by atomic mass is 31.2. The van der Waals surface area contributed by atoms with Crippen molar-refractivity contribution in [2.24, 2.45) is 0 Å². The van der Waals surface area contributed by atoms with Gasteiger partial charge in [0.05, 0.1) is 0 Å². The van der Waals surface area contributed by atoms with Crippen LogP contribution in [0.1, 0.15) is 5.56 Å². The smallest absolute Gasteiger partial charge is 0.171 e. The normalized spacial score (nSPS) is 11.6. The van der Waals surface area contributed by atoms with E-state index in [-0.39, 0.29) is 0 Å². The van der Waals surface area contributed by atoms with Crippen molar-refractivity contribution in [3.05, 3.63) is 90.5 Å². The zero-order valence-corrected chi connectivity index (χ0v) is 15.0. The van der Waals surface area contributed by atoms with Crippen LogP contribution >= 0.6 is 7.14 Å². The van der Waals surface area contributed by atoms with Gasteiger partial charge in [-0.3, -0.25) is 0 Å². The predicted molar refractivity (Wildman–Crippen MR) is 103 cm³/mol. The molecule has 0 bridgehead atoms. The van der Waals surface area contributed by atoms with Gasteiger partial charge in [-0.15, -0.1) is 0 Å². The molecule has 3 heteroatoms. The quantitative estimate of drug-likeness (QED) is 0.666. The van der Waals surface area contributed by atoms with Crippen molar-refractivity contribution in [3.8, 4) is 0 Å². The molecule has 0 amide bonds. The lowest BCUT2D eigenvalue weighted by Crippen LogP contribution is -2.29. The van der Waals surface area contributed by atoms with Gasteiger partial charge in [-0.2, -0.15) is 0 Å². The molecule has 0 saturated carbocycles. The summed E-state index contributed by atoms with van der Waals surface area (Å²) in [6, 6.07) is 27.7. The van der Waals surface area contributed by atoms with E-state index in [1.54, 1.807) is 0 Å². The Hall–Kier alpha value is -2.15. The fourth-order valence-electron chi connectivity index (χ4n) is 3.00. The standard InChI is InChI=1S/C21H22NOP/c1-22(2)17-18-11-9-10-16-21(18)24(23,19-12-5-3-6-13-19)20-14-7-4-8-15-20/h3-16H,17H2,1-2H3. The van der Waals surface area contributed by atoms with Crippen molar-refractivity contribution in [3.63, 3.8) is 0 Å². The van der Waals surface area contributed by atoms with Crippen LogP contribution in [0.25, 0.3) is 0 Å². The van der Waals surface area contributed by atoms with Gasteiger partial charge in [0.1, 0.15) is 0 Å². The van der Waals surface area contributed by atoms with Gasteiger partial charge in [0.2, 0.25) is 0 Å². The minimum atomic E-state index is -2.90. The van der Waals surface area contributed by atoms with Crippen LogP contribution < -0.4 is 15.9 Å². The Labute approximate surface area is 144 Å². The molecule has 0 aliphatic carbocycles. The summed E-state index contributed by atoms with van der Waals surface area (Å²) < 4.78 is 14.4. The van der Waals surface area contributed by atoms with Crippen molar-refractivity contribution < 1.29 is 4.57 Å². The first-order chi connectivity index (χ1) is 11.6. The fourth-order valence-corrected chi connectivity index (χ4v) is 5.88. The van der Waals surface area contributed by atoms with E-state index in [0.717, 1.165) is 28.0 Å². The van der Waals surface area contributed by atoms with Gasteiger partial charge in [0.25, 0.3) is 0 Å². The van der Waals surface area contributed by atoms with Crippen molar-refractivity contribution in [1.82, 2.24) is 4.90 Å². The Bertz CT molecular complexity index is 800. The van der Waals surface area contributed by atoms with Crippen LogP contribution in [0.5, 0.6) is 0 Å². The van der Waals surface area contributed by atoms with Crippen LogP contribution in [0.4, 0.5) is 0 Å². The molecule has 0 saturated heterocycles. The lowest BCUT2D eigenvalue weighted by molar-refractivity contribution is 0.403. The summed E-state index contributed by atoms with van der Waals surface area (Å²) in [5.74, 6) is 0. The summed E-state index contributed by atoms with van der Waals surface area (Å²) in [5.41, 5.74) is 1.11. The summed E-state index contributed by atoms with van der Waals surface area (Å²) in [5, 5.41) is 2.68. The summed E-state index contributed by atoms with van der Waals surface area (Å²) in [6.45, 7) is 0.764. The first-order valence-corrected chi connectivity index (χ1v) is 9.77. The summed E-state index contributed by atoms with van der Waals surface area (Å²) >= 11 is 0. The van der Waals surface area contributed by atoms with Crippen LogP contribution in [0.2, 0.25) is 0 Å². The second-order valence-electron chi connectivity index (χ2n) is 6.15. The zero-order valence-electron chi connectivity index (χ0n) is 14.1. The average Bonchev–Trinajstić information content (AvgIpc) is 2.62. The Balaban J connectivity index is 2.27. The number of hydrogen-bond donors (Lipinski definition) is 0. The van der Waals surface area contributed by atoms with E-state index in [0.29, 0.717) is 0 Å². The first kappa shape index (κ1) is 16.7. The van der Waals surface area contributed by atoms with E-state index in [4.69, 9.17) is 0 Å². The molecule has 3 aromatic rings. The van der Waals surface area contributed by atoms with Gasteiger partial charge in [-0.1, -0.05) is 84.9 Å². The fraction of sp³-hybridized carbons (Fsp3) is 0.143. The van der Waals surface area contributed by atoms with Crippen molar-refractivity contribution in [2.75, 3.05) is 14.1 Å². The third-order valence-corrected chi connectivity index (χ3v) is 7.22. The molecular formula is C21H22NOP. The highest BCUT2D eigenvalue weighted by Gasteiger charge is 2.31. The minimum absolute atomic E-state index is 0.764. The van der Waals surface area contributed by atoms with Crippen LogP contribution in [0, 0.1) is 0 Å². The molecule has 0 aliphatic heterocycles. The van der Waals surface area contributed by atoms with Crippen molar-refractivity contribution in [2.45, 2.75) is 6.54 Å². The van der Waals surface area contributed by atoms with E-state index < -0.39 is 7.14 Å². The van der Waals surface area contributed by atoms with E-state index in [1.165, 1.54) is 0 Å². The molecule has 122 valence electrons. The van der Waals surface area contributed by atoms with Crippen molar-refractivity contribution in [1.29, 1.82) is 0 Å². The van der Waals surface area contributed by atoms with Gasteiger partial charge in [-0.05, 0) is 19.7 Å². The number of rotatable bonds is 5. The third-order valence-electron chi connectivity index (χ3n) is 4.06. The minimum Gasteiger partial charge on any atom is -0.309 e. The number of hydrogen-bond acceptors (Lipinski definition) is 2. The Morgan fingerprint density at radius 1 is 0.708 bits per heavy atom. The first-order valence-electron chi connectivity index (χ1n) is 8.07. The highest BCUT2D eigenvalue weighted by Crippen LogP contribution is 2.43. The maximum Gasteiger partial charge on any atom is 0.171 e. The third kappa shape index (κ3) is 3.21. The Kier molecular flexibility index (Phi) is 4.99. The second kappa shape index (κ2) is 7.17. The van der Waals surface area contributed by atoms with Crippen LogP contribution in [-0.4, -0.2) is 19.0 Å². The average molecular weight is 335 g/mol. The molecule has 0 unspecified atom stereocenters. The molecule has 0 atom stereocenters. The van der Waals surface area contributed by atoms with Gasteiger partial charge in [-0.25, -0.2) is 0 Å². The SMILES string of the molecule is CN(C)Cc1ccccc1P(=O)(c1ccccc1)c1ccccc1. The predicted octanol–water partition coefficient (Wildman–Crippen LogP) is 3.39.